The second-order valence-electron chi connectivity index (χ2n) is 4.88. The third-order valence-electron chi connectivity index (χ3n) is 2.61. The molecule has 0 radical (unpaired) electrons. The van der Waals surface area contributed by atoms with Crippen LogP contribution in [-0.2, 0) is 9.53 Å². The first-order chi connectivity index (χ1) is 8.50. The third kappa shape index (κ3) is 4.84. The van der Waals surface area contributed by atoms with Crippen LogP contribution in [0.25, 0.3) is 0 Å². The number of aromatic nitrogens is 1. The molecule has 0 saturated heterocycles. The number of ether oxygens (including phenoxy) is 1. The maximum atomic E-state index is 11.9. The number of carbonyl (C=O) groups is 1. The van der Waals surface area contributed by atoms with Gasteiger partial charge in [0.25, 0.3) is 0 Å². The number of hydrogen-bond donors (Lipinski definition) is 1. The largest absolute Gasteiger partial charge is 0.368 e. The van der Waals surface area contributed by atoms with Gasteiger partial charge in [-0.3, -0.25) is 9.78 Å². The summed E-state index contributed by atoms with van der Waals surface area (Å²) >= 11 is 0. The molecule has 0 aliphatic heterocycles. The Morgan fingerprint density at radius 3 is 2.44 bits per heavy atom. The van der Waals surface area contributed by atoms with E-state index in [9.17, 15) is 4.79 Å². The molecule has 4 nitrogen and oxygen atoms in total. The lowest BCUT2D eigenvalue weighted by Crippen LogP contribution is -2.36. The zero-order chi connectivity index (χ0) is 13.5. The summed E-state index contributed by atoms with van der Waals surface area (Å²) in [6, 6.07) is 3.75. The molecule has 0 aliphatic carbocycles. The number of amides is 1. The van der Waals surface area contributed by atoms with Crippen molar-refractivity contribution < 1.29 is 9.53 Å². The molecule has 0 fully saturated rings. The van der Waals surface area contributed by atoms with Crippen LogP contribution >= 0.6 is 0 Å². The van der Waals surface area contributed by atoms with Crippen LogP contribution in [0.2, 0.25) is 0 Å². The van der Waals surface area contributed by atoms with Gasteiger partial charge in [0.2, 0.25) is 5.91 Å². The molecule has 1 N–H and O–H groups in total. The molecule has 1 aromatic heterocycles. The zero-order valence-corrected chi connectivity index (χ0v) is 11.5. The van der Waals surface area contributed by atoms with Gasteiger partial charge in [-0.05, 0) is 37.5 Å². The van der Waals surface area contributed by atoms with Gasteiger partial charge in [-0.25, -0.2) is 0 Å². The van der Waals surface area contributed by atoms with Crippen molar-refractivity contribution in [1.29, 1.82) is 0 Å². The summed E-state index contributed by atoms with van der Waals surface area (Å²) in [5.41, 5.74) is 1.04. The van der Waals surface area contributed by atoms with Crippen LogP contribution in [0, 0.1) is 5.92 Å². The first kappa shape index (κ1) is 14.6. The Morgan fingerprint density at radius 1 is 1.28 bits per heavy atom. The molecule has 1 rings (SSSR count). The Hall–Kier alpha value is -1.42. The van der Waals surface area contributed by atoms with Crippen LogP contribution in [0.1, 0.15) is 39.3 Å². The van der Waals surface area contributed by atoms with Gasteiger partial charge in [-0.15, -0.1) is 0 Å². The summed E-state index contributed by atoms with van der Waals surface area (Å²) in [5, 5.41) is 2.93. The molecule has 0 unspecified atom stereocenters. The van der Waals surface area contributed by atoms with Gasteiger partial charge < -0.3 is 10.1 Å². The number of nitrogens with one attached hydrogen (secondary N) is 1. The minimum Gasteiger partial charge on any atom is -0.368 e. The van der Waals surface area contributed by atoms with Crippen LogP contribution in [0.15, 0.2) is 24.5 Å². The lowest BCUT2D eigenvalue weighted by atomic mass is 10.1. The van der Waals surface area contributed by atoms with Crippen molar-refractivity contribution in [2.24, 2.45) is 5.92 Å². The molecule has 100 valence electrons. The number of pyridine rings is 1. The van der Waals surface area contributed by atoms with Gasteiger partial charge in [0, 0.05) is 19.0 Å². The van der Waals surface area contributed by atoms with Crippen LogP contribution in [0.4, 0.5) is 0 Å². The highest BCUT2D eigenvalue weighted by Crippen LogP contribution is 2.10. The molecule has 0 spiro atoms. The van der Waals surface area contributed by atoms with E-state index < -0.39 is 6.10 Å². The molecule has 0 saturated carbocycles. The van der Waals surface area contributed by atoms with E-state index in [1.807, 2.05) is 19.1 Å². The quantitative estimate of drug-likeness (QED) is 0.843. The average molecular weight is 250 g/mol. The van der Waals surface area contributed by atoms with Gasteiger partial charge in [0.05, 0.1) is 6.04 Å². The Kier molecular flexibility index (Phi) is 5.78. The molecule has 18 heavy (non-hydrogen) atoms. The van der Waals surface area contributed by atoms with Crippen molar-refractivity contribution in [2.45, 2.75) is 39.8 Å². The van der Waals surface area contributed by atoms with Crippen molar-refractivity contribution in [3.05, 3.63) is 30.1 Å². The monoisotopic (exact) mass is 250 g/mol. The Balaban J connectivity index is 2.44. The molecule has 1 aromatic rings. The van der Waals surface area contributed by atoms with Gasteiger partial charge in [0.1, 0.15) is 6.10 Å². The Bertz CT molecular complexity index is 365. The van der Waals surface area contributed by atoms with E-state index in [0.29, 0.717) is 12.5 Å². The summed E-state index contributed by atoms with van der Waals surface area (Å²) in [7, 11) is 0. The van der Waals surface area contributed by atoms with Gasteiger partial charge >= 0.3 is 0 Å². The van der Waals surface area contributed by atoms with E-state index in [1.54, 1.807) is 19.3 Å². The SMILES string of the molecule is CC(C)CO[C@H](C)C(=O)N[C@H](C)c1ccncc1. The first-order valence-corrected chi connectivity index (χ1v) is 6.32. The van der Waals surface area contributed by atoms with Gasteiger partial charge in [-0.1, -0.05) is 13.8 Å². The van der Waals surface area contributed by atoms with E-state index in [0.717, 1.165) is 5.56 Å². The molecule has 0 bridgehead atoms. The van der Waals surface area contributed by atoms with E-state index in [-0.39, 0.29) is 11.9 Å². The van der Waals surface area contributed by atoms with Crippen molar-refractivity contribution >= 4 is 5.91 Å². The Morgan fingerprint density at radius 2 is 1.89 bits per heavy atom. The summed E-state index contributed by atoms with van der Waals surface area (Å²) in [6.07, 6.45) is 3.02. The highest BCUT2D eigenvalue weighted by Gasteiger charge is 2.16. The summed E-state index contributed by atoms with van der Waals surface area (Å²) in [6.45, 7) is 8.44. The zero-order valence-electron chi connectivity index (χ0n) is 11.5. The third-order valence-corrected chi connectivity index (χ3v) is 2.61. The van der Waals surface area contributed by atoms with E-state index in [2.05, 4.69) is 24.1 Å². The molecule has 1 amide bonds. The van der Waals surface area contributed by atoms with E-state index >= 15 is 0 Å². The van der Waals surface area contributed by atoms with Crippen molar-refractivity contribution in [1.82, 2.24) is 10.3 Å². The maximum Gasteiger partial charge on any atom is 0.249 e. The molecular formula is C14H22N2O2. The standard InChI is InChI=1S/C14H22N2O2/c1-10(2)9-18-12(4)14(17)16-11(3)13-5-7-15-8-6-13/h5-8,10-12H,9H2,1-4H3,(H,16,17)/t11-,12-/m1/s1. The summed E-state index contributed by atoms with van der Waals surface area (Å²) in [5.74, 6) is 0.345. The highest BCUT2D eigenvalue weighted by atomic mass is 16.5. The predicted molar refractivity (Wildman–Crippen MR) is 71.0 cm³/mol. The topological polar surface area (TPSA) is 51.2 Å². The Labute approximate surface area is 109 Å². The van der Waals surface area contributed by atoms with Crippen LogP contribution in [-0.4, -0.2) is 23.6 Å². The fraction of sp³-hybridized carbons (Fsp3) is 0.571. The normalized spacial score (nSPS) is 14.3. The number of rotatable bonds is 6. The van der Waals surface area contributed by atoms with Crippen molar-refractivity contribution in [3.8, 4) is 0 Å². The molecular weight excluding hydrogens is 228 g/mol. The first-order valence-electron chi connectivity index (χ1n) is 6.32. The summed E-state index contributed by atoms with van der Waals surface area (Å²) in [4.78, 5) is 15.8. The highest BCUT2D eigenvalue weighted by molar-refractivity contribution is 5.80. The van der Waals surface area contributed by atoms with Crippen LogP contribution in [0.3, 0.4) is 0 Å². The molecule has 0 aromatic carbocycles. The van der Waals surface area contributed by atoms with E-state index in [1.165, 1.54) is 0 Å². The maximum absolute atomic E-state index is 11.9. The lowest BCUT2D eigenvalue weighted by molar-refractivity contribution is -0.133. The number of nitrogens with zero attached hydrogens (tertiary/aromatic N) is 1. The van der Waals surface area contributed by atoms with Crippen molar-refractivity contribution in [3.63, 3.8) is 0 Å². The molecule has 1 heterocycles. The van der Waals surface area contributed by atoms with Gasteiger partial charge in [0.15, 0.2) is 0 Å². The predicted octanol–water partition coefficient (Wildman–Crippen LogP) is 2.32. The molecule has 0 aliphatic rings. The van der Waals surface area contributed by atoms with Gasteiger partial charge in [-0.2, -0.15) is 0 Å². The molecule has 2 atom stereocenters. The fourth-order valence-corrected chi connectivity index (χ4v) is 1.48. The molecule has 4 heteroatoms. The lowest BCUT2D eigenvalue weighted by Gasteiger charge is -2.19. The minimum absolute atomic E-state index is 0.0365. The minimum atomic E-state index is -0.420. The second-order valence-corrected chi connectivity index (χ2v) is 4.88. The second kappa shape index (κ2) is 7.11. The van der Waals surface area contributed by atoms with E-state index in [4.69, 9.17) is 4.74 Å². The van der Waals surface area contributed by atoms with Crippen molar-refractivity contribution in [2.75, 3.05) is 6.61 Å². The average Bonchev–Trinajstić information content (AvgIpc) is 2.36. The number of hydrogen-bond acceptors (Lipinski definition) is 3. The van der Waals surface area contributed by atoms with Crippen LogP contribution in [0.5, 0.6) is 0 Å². The number of carbonyl (C=O) groups excluding carboxylic acids is 1. The smallest absolute Gasteiger partial charge is 0.249 e. The fourth-order valence-electron chi connectivity index (χ4n) is 1.48. The van der Waals surface area contributed by atoms with Crippen LogP contribution < -0.4 is 5.32 Å². The summed E-state index contributed by atoms with van der Waals surface area (Å²) < 4.78 is 5.48.